The maximum absolute atomic E-state index is 8.82. The van der Waals surface area contributed by atoms with E-state index in [4.69, 9.17) is 5.11 Å². The van der Waals surface area contributed by atoms with Crippen molar-refractivity contribution in [2.24, 2.45) is 0 Å². The third kappa shape index (κ3) is 3.28. The van der Waals surface area contributed by atoms with Gasteiger partial charge in [0.25, 0.3) is 0 Å². The molecule has 0 saturated carbocycles. The summed E-state index contributed by atoms with van der Waals surface area (Å²) in [6.45, 7) is 3.78. The number of nitrogens with zero attached hydrogens (tertiary/aromatic N) is 2. The Labute approximate surface area is 85.5 Å². The molecule has 1 atom stereocenters. The van der Waals surface area contributed by atoms with Crippen molar-refractivity contribution in [1.29, 1.82) is 0 Å². The highest BCUT2D eigenvalue weighted by Gasteiger charge is 2.02. The number of aryl methyl sites for hydroxylation is 1. The zero-order valence-corrected chi connectivity index (χ0v) is 9.17. The summed E-state index contributed by atoms with van der Waals surface area (Å²) < 4.78 is 0.743. The van der Waals surface area contributed by atoms with Crippen LogP contribution < -0.4 is 5.32 Å². The normalized spacial score (nSPS) is 12.6. The Hall–Kier alpha value is -0.680. The lowest BCUT2D eigenvalue weighted by Gasteiger charge is -2.11. The molecule has 0 bridgehead atoms. The van der Waals surface area contributed by atoms with Gasteiger partial charge in [0.1, 0.15) is 16.2 Å². The topological polar surface area (TPSA) is 58.0 Å². The molecule has 1 heterocycles. The van der Waals surface area contributed by atoms with E-state index >= 15 is 0 Å². The van der Waals surface area contributed by atoms with Gasteiger partial charge in [-0.1, -0.05) is 0 Å². The van der Waals surface area contributed by atoms with Gasteiger partial charge < -0.3 is 10.4 Å². The Balaban J connectivity index is 2.77. The number of aliphatic hydroxyl groups excluding tert-OH is 1. The quantitative estimate of drug-likeness (QED) is 0.790. The Morgan fingerprint density at radius 2 is 2.31 bits per heavy atom. The smallest absolute Gasteiger partial charge is 0.131 e. The standard InChI is InChI=1S/C8H12BrN3O/c1-5(4-13)10-8-3-7(9)11-6(2)12-8/h3,5,13H,4H2,1-2H3,(H,10,11,12). The first-order valence-corrected chi connectivity index (χ1v) is 4.79. The van der Waals surface area contributed by atoms with Gasteiger partial charge in [-0.3, -0.25) is 0 Å². The summed E-state index contributed by atoms with van der Waals surface area (Å²) in [4.78, 5) is 8.23. The van der Waals surface area contributed by atoms with Gasteiger partial charge in [-0.25, -0.2) is 9.97 Å². The van der Waals surface area contributed by atoms with E-state index in [9.17, 15) is 0 Å². The molecule has 0 saturated heterocycles. The van der Waals surface area contributed by atoms with Crippen LogP contribution in [0.1, 0.15) is 12.7 Å². The number of aromatic nitrogens is 2. The van der Waals surface area contributed by atoms with E-state index in [1.165, 1.54) is 0 Å². The molecule has 0 spiro atoms. The van der Waals surface area contributed by atoms with Crippen LogP contribution in [0.5, 0.6) is 0 Å². The number of hydrogen-bond donors (Lipinski definition) is 2. The molecule has 0 aliphatic heterocycles. The largest absolute Gasteiger partial charge is 0.394 e. The summed E-state index contributed by atoms with van der Waals surface area (Å²) in [7, 11) is 0. The van der Waals surface area contributed by atoms with E-state index in [0.717, 1.165) is 10.4 Å². The van der Waals surface area contributed by atoms with Crippen LogP contribution >= 0.6 is 15.9 Å². The van der Waals surface area contributed by atoms with Crippen LogP contribution in [0.3, 0.4) is 0 Å². The van der Waals surface area contributed by atoms with Gasteiger partial charge in [0.15, 0.2) is 0 Å². The van der Waals surface area contributed by atoms with E-state index in [1.54, 1.807) is 6.07 Å². The predicted octanol–water partition coefficient (Wildman–Crippen LogP) is 1.34. The predicted molar refractivity (Wildman–Crippen MR) is 54.6 cm³/mol. The zero-order chi connectivity index (χ0) is 9.84. The van der Waals surface area contributed by atoms with Crippen LogP contribution in [0.25, 0.3) is 0 Å². The molecule has 72 valence electrons. The highest BCUT2D eigenvalue weighted by Crippen LogP contribution is 2.12. The van der Waals surface area contributed by atoms with Crippen LogP contribution in [-0.2, 0) is 0 Å². The van der Waals surface area contributed by atoms with Crippen molar-refractivity contribution >= 4 is 21.7 Å². The number of hydrogen-bond acceptors (Lipinski definition) is 4. The van der Waals surface area contributed by atoms with Crippen molar-refractivity contribution in [3.8, 4) is 0 Å². The minimum atomic E-state index is 0.00111. The van der Waals surface area contributed by atoms with E-state index < -0.39 is 0 Å². The van der Waals surface area contributed by atoms with Gasteiger partial charge in [-0.15, -0.1) is 0 Å². The van der Waals surface area contributed by atoms with E-state index in [1.807, 2.05) is 13.8 Å². The monoisotopic (exact) mass is 245 g/mol. The Bertz CT molecular complexity index is 272. The van der Waals surface area contributed by atoms with E-state index in [-0.39, 0.29) is 12.6 Å². The van der Waals surface area contributed by atoms with Crippen molar-refractivity contribution in [2.45, 2.75) is 19.9 Å². The molecule has 0 aliphatic carbocycles. The molecular formula is C8H12BrN3O. The molecule has 5 heteroatoms. The molecule has 0 fully saturated rings. The van der Waals surface area contributed by atoms with Crippen LogP contribution in [0, 0.1) is 6.92 Å². The molecule has 2 N–H and O–H groups in total. The molecule has 0 radical (unpaired) electrons. The molecular weight excluding hydrogens is 234 g/mol. The van der Waals surface area contributed by atoms with Crippen LogP contribution in [0.4, 0.5) is 5.82 Å². The number of aliphatic hydroxyl groups is 1. The molecule has 0 aromatic carbocycles. The van der Waals surface area contributed by atoms with Gasteiger partial charge >= 0.3 is 0 Å². The summed E-state index contributed by atoms with van der Waals surface area (Å²) in [5, 5.41) is 11.9. The summed E-state index contributed by atoms with van der Waals surface area (Å²) in [6, 6.07) is 1.78. The van der Waals surface area contributed by atoms with Gasteiger partial charge in [0, 0.05) is 12.1 Å². The molecule has 0 amide bonds. The lowest BCUT2D eigenvalue weighted by Crippen LogP contribution is -2.20. The Kier molecular flexibility index (Phi) is 3.62. The lowest BCUT2D eigenvalue weighted by molar-refractivity contribution is 0.281. The fraction of sp³-hybridized carbons (Fsp3) is 0.500. The highest BCUT2D eigenvalue weighted by atomic mass is 79.9. The summed E-state index contributed by atoms with van der Waals surface area (Å²) in [5.41, 5.74) is 0. The molecule has 0 aliphatic rings. The van der Waals surface area contributed by atoms with E-state index in [2.05, 4.69) is 31.2 Å². The first-order chi connectivity index (χ1) is 6.11. The van der Waals surface area contributed by atoms with Gasteiger partial charge in [0.05, 0.1) is 6.61 Å². The minimum absolute atomic E-state index is 0.00111. The lowest BCUT2D eigenvalue weighted by atomic mass is 10.3. The number of nitrogens with one attached hydrogen (secondary N) is 1. The average Bonchev–Trinajstić information content (AvgIpc) is 2.02. The van der Waals surface area contributed by atoms with Crippen molar-refractivity contribution in [1.82, 2.24) is 9.97 Å². The highest BCUT2D eigenvalue weighted by molar-refractivity contribution is 9.10. The van der Waals surface area contributed by atoms with E-state index in [0.29, 0.717) is 5.82 Å². The van der Waals surface area contributed by atoms with Crippen LogP contribution in [-0.4, -0.2) is 27.7 Å². The zero-order valence-electron chi connectivity index (χ0n) is 7.58. The van der Waals surface area contributed by atoms with Gasteiger partial charge in [-0.05, 0) is 29.8 Å². The third-order valence-corrected chi connectivity index (χ3v) is 1.88. The fourth-order valence-corrected chi connectivity index (χ4v) is 1.38. The first-order valence-electron chi connectivity index (χ1n) is 4.00. The van der Waals surface area contributed by atoms with Crippen LogP contribution in [0.15, 0.2) is 10.7 Å². The Morgan fingerprint density at radius 1 is 1.62 bits per heavy atom. The SMILES string of the molecule is Cc1nc(Br)cc(NC(C)CO)n1. The average molecular weight is 246 g/mol. The molecule has 1 aromatic heterocycles. The van der Waals surface area contributed by atoms with Crippen molar-refractivity contribution in [3.63, 3.8) is 0 Å². The second-order valence-electron chi connectivity index (χ2n) is 2.85. The van der Waals surface area contributed by atoms with Crippen LogP contribution in [0.2, 0.25) is 0 Å². The molecule has 1 aromatic rings. The molecule has 4 nitrogen and oxygen atoms in total. The van der Waals surface area contributed by atoms with Crippen molar-refractivity contribution in [2.75, 3.05) is 11.9 Å². The maximum atomic E-state index is 8.82. The van der Waals surface area contributed by atoms with Gasteiger partial charge in [0.2, 0.25) is 0 Å². The Morgan fingerprint density at radius 3 is 2.85 bits per heavy atom. The van der Waals surface area contributed by atoms with Crippen molar-refractivity contribution in [3.05, 3.63) is 16.5 Å². The molecule has 1 unspecified atom stereocenters. The minimum Gasteiger partial charge on any atom is -0.394 e. The number of rotatable bonds is 3. The van der Waals surface area contributed by atoms with Gasteiger partial charge in [-0.2, -0.15) is 0 Å². The first kappa shape index (κ1) is 10.4. The number of halogens is 1. The second kappa shape index (κ2) is 4.53. The number of anilines is 1. The fourth-order valence-electron chi connectivity index (χ4n) is 0.903. The third-order valence-electron chi connectivity index (χ3n) is 1.47. The molecule has 1 rings (SSSR count). The molecule has 13 heavy (non-hydrogen) atoms. The summed E-state index contributed by atoms with van der Waals surface area (Å²) in [6.07, 6.45) is 0. The maximum Gasteiger partial charge on any atom is 0.131 e. The second-order valence-corrected chi connectivity index (χ2v) is 3.66. The summed E-state index contributed by atoms with van der Waals surface area (Å²) >= 11 is 3.27. The van der Waals surface area contributed by atoms with Crippen molar-refractivity contribution < 1.29 is 5.11 Å². The summed E-state index contributed by atoms with van der Waals surface area (Å²) in [5.74, 6) is 1.42.